The van der Waals surface area contributed by atoms with Crippen molar-refractivity contribution in [3.05, 3.63) is 87.8 Å². The zero-order chi connectivity index (χ0) is 22.4. The van der Waals surface area contributed by atoms with Gasteiger partial charge in [0.15, 0.2) is 0 Å². The van der Waals surface area contributed by atoms with Gasteiger partial charge in [-0.25, -0.2) is 0 Å². The molecule has 3 heterocycles. The largest absolute Gasteiger partial charge is 0.507 e. The maximum Gasteiger partial charge on any atom is 0.300 e. The number of aliphatic hydroxyl groups is 1. The van der Waals surface area contributed by atoms with E-state index < -0.39 is 17.7 Å². The molecule has 162 valence electrons. The summed E-state index contributed by atoms with van der Waals surface area (Å²) in [5, 5.41) is 11.7. The summed E-state index contributed by atoms with van der Waals surface area (Å²) in [6, 6.07) is 12.9. The number of carbonyl (C=O) groups is 2. The number of hydrogen-bond donors (Lipinski definition) is 1. The molecule has 1 N–H and O–H groups in total. The average Bonchev–Trinajstić information content (AvgIpc) is 3.42. The third kappa shape index (κ3) is 3.19. The lowest BCUT2D eigenvalue weighted by molar-refractivity contribution is -0.132. The maximum atomic E-state index is 13.2. The van der Waals surface area contributed by atoms with E-state index in [4.69, 9.17) is 20.8 Å². The number of aliphatic hydroxyl groups excluding tert-OH is 1. The number of fused-ring (bicyclic) bond motifs is 1. The minimum atomic E-state index is -0.922. The molecule has 3 aromatic rings. The van der Waals surface area contributed by atoms with Gasteiger partial charge in [-0.2, -0.15) is 0 Å². The van der Waals surface area contributed by atoms with Crippen LogP contribution in [0.4, 0.5) is 5.69 Å². The van der Waals surface area contributed by atoms with E-state index >= 15 is 0 Å². The van der Waals surface area contributed by atoms with Crippen molar-refractivity contribution in [2.24, 2.45) is 0 Å². The summed E-state index contributed by atoms with van der Waals surface area (Å²) in [7, 11) is 0. The van der Waals surface area contributed by atoms with Crippen LogP contribution in [0.1, 0.15) is 34.9 Å². The van der Waals surface area contributed by atoms with Gasteiger partial charge >= 0.3 is 0 Å². The lowest BCUT2D eigenvalue weighted by Gasteiger charge is -2.25. The molecule has 1 unspecified atom stereocenters. The zero-order valence-corrected chi connectivity index (χ0v) is 18.1. The summed E-state index contributed by atoms with van der Waals surface area (Å²) in [5.74, 6) is -0.644. The molecular weight excluding hydrogens is 430 g/mol. The molecule has 1 atom stereocenters. The molecule has 0 radical (unpaired) electrons. The molecule has 0 saturated carbocycles. The van der Waals surface area contributed by atoms with Gasteiger partial charge < -0.3 is 14.3 Å². The van der Waals surface area contributed by atoms with E-state index in [1.54, 1.807) is 55.5 Å². The first kappa shape index (κ1) is 20.4. The van der Waals surface area contributed by atoms with Gasteiger partial charge in [0, 0.05) is 16.3 Å². The van der Waals surface area contributed by atoms with E-state index in [-0.39, 0.29) is 11.3 Å². The number of hydrogen-bond acceptors (Lipinski definition) is 5. The molecule has 2 aliphatic heterocycles. The van der Waals surface area contributed by atoms with Gasteiger partial charge in [0.2, 0.25) is 0 Å². The molecule has 0 aliphatic carbocycles. The number of nitrogens with zero attached hydrogens (tertiary/aromatic N) is 1. The fraction of sp³-hybridized carbons (Fsp3) is 0.200. The Hall–Kier alpha value is -3.51. The number of carbonyl (C=O) groups excluding carboxylic acids is 2. The van der Waals surface area contributed by atoms with Gasteiger partial charge in [0.05, 0.1) is 18.4 Å². The first-order chi connectivity index (χ1) is 15.5. The zero-order valence-electron chi connectivity index (χ0n) is 17.3. The van der Waals surface area contributed by atoms with Crippen LogP contribution < -0.4 is 9.64 Å². The standard InChI is InChI=1S/C25H20ClNO5/c1-14-17(26)6-2-7-18(14)27-22(20-8-4-12-32-20)21(24(29)25(27)30)23(28)16-9-10-19-15(13-16)5-3-11-31-19/h2,4,6-10,12-13,22,28H,3,5,11H2,1H3/b23-21-. The first-order valence-corrected chi connectivity index (χ1v) is 10.7. The second-order valence-corrected chi connectivity index (χ2v) is 8.25. The van der Waals surface area contributed by atoms with Crippen LogP contribution in [-0.2, 0) is 16.0 Å². The topological polar surface area (TPSA) is 80.0 Å². The number of Topliss-reactive ketones (excluding diaryl/α,β-unsaturated/α-hetero) is 1. The summed E-state index contributed by atoms with van der Waals surface area (Å²) < 4.78 is 11.2. The van der Waals surface area contributed by atoms with E-state index in [0.29, 0.717) is 34.2 Å². The van der Waals surface area contributed by atoms with Crippen molar-refractivity contribution in [3.63, 3.8) is 0 Å². The third-order valence-corrected chi connectivity index (χ3v) is 6.35. The van der Waals surface area contributed by atoms with Crippen LogP contribution in [0.15, 0.2) is 64.8 Å². The van der Waals surface area contributed by atoms with Gasteiger partial charge in [-0.05, 0) is 73.4 Å². The van der Waals surface area contributed by atoms with Crippen molar-refractivity contribution in [2.75, 3.05) is 11.5 Å². The molecule has 6 nitrogen and oxygen atoms in total. The molecule has 1 aromatic heterocycles. The Bertz CT molecular complexity index is 1260. The minimum Gasteiger partial charge on any atom is -0.507 e. The average molecular weight is 450 g/mol. The number of furan rings is 1. The fourth-order valence-corrected chi connectivity index (χ4v) is 4.49. The maximum absolute atomic E-state index is 13.2. The van der Waals surface area contributed by atoms with Gasteiger partial charge in [-0.3, -0.25) is 14.5 Å². The highest BCUT2D eigenvalue weighted by Crippen LogP contribution is 2.44. The number of rotatable bonds is 3. The molecule has 2 aliphatic rings. The van der Waals surface area contributed by atoms with Crippen LogP contribution in [0.3, 0.4) is 0 Å². The fourth-order valence-electron chi connectivity index (χ4n) is 4.32. The van der Waals surface area contributed by atoms with Crippen molar-refractivity contribution in [1.29, 1.82) is 0 Å². The number of aryl methyl sites for hydroxylation is 1. The van der Waals surface area contributed by atoms with Crippen molar-refractivity contribution >= 4 is 34.7 Å². The molecule has 0 bridgehead atoms. The summed E-state index contributed by atoms with van der Waals surface area (Å²) in [6.45, 7) is 2.43. The minimum absolute atomic E-state index is 0.0268. The number of halogens is 1. The number of ether oxygens (including phenoxy) is 1. The highest BCUT2D eigenvalue weighted by molar-refractivity contribution is 6.52. The molecule has 32 heavy (non-hydrogen) atoms. The highest BCUT2D eigenvalue weighted by Gasteiger charge is 2.48. The predicted molar refractivity (Wildman–Crippen MR) is 120 cm³/mol. The lowest BCUT2D eigenvalue weighted by Crippen LogP contribution is -2.30. The van der Waals surface area contributed by atoms with Crippen LogP contribution in [0, 0.1) is 6.92 Å². The Morgan fingerprint density at radius 2 is 2.00 bits per heavy atom. The Kier molecular flexibility index (Phi) is 5.02. The molecular formula is C25H20ClNO5. The number of anilines is 1. The number of ketones is 1. The van der Waals surface area contributed by atoms with Crippen molar-refractivity contribution in [2.45, 2.75) is 25.8 Å². The molecule has 7 heteroatoms. The second-order valence-electron chi connectivity index (χ2n) is 7.84. The predicted octanol–water partition coefficient (Wildman–Crippen LogP) is 5.19. The molecule has 0 spiro atoms. The Balaban J connectivity index is 1.70. The van der Waals surface area contributed by atoms with E-state index in [1.165, 1.54) is 11.2 Å². The Labute approximate surface area is 189 Å². The Morgan fingerprint density at radius 3 is 2.78 bits per heavy atom. The monoisotopic (exact) mass is 449 g/mol. The summed E-state index contributed by atoms with van der Waals surface area (Å²) in [5.41, 5.74) is 2.51. The van der Waals surface area contributed by atoms with Crippen LogP contribution in [0.25, 0.3) is 5.76 Å². The van der Waals surface area contributed by atoms with Crippen LogP contribution in [0.2, 0.25) is 5.02 Å². The highest BCUT2D eigenvalue weighted by atomic mass is 35.5. The van der Waals surface area contributed by atoms with Crippen LogP contribution in [0.5, 0.6) is 5.75 Å². The second kappa shape index (κ2) is 7.88. The third-order valence-electron chi connectivity index (χ3n) is 5.94. The summed E-state index contributed by atoms with van der Waals surface area (Å²) in [4.78, 5) is 27.7. The van der Waals surface area contributed by atoms with Gasteiger partial charge in [-0.1, -0.05) is 17.7 Å². The van der Waals surface area contributed by atoms with Crippen molar-refractivity contribution in [1.82, 2.24) is 0 Å². The molecule has 2 aromatic carbocycles. The first-order valence-electron chi connectivity index (χ1n) is 10.3. The number of benzene rings is 2. The summed E-state index contributed by atoms with van der Waals surface area (Å²) in [6.07, 6.45) is 3.16. The molecule has 5 rings (SSSR count). The van der Waals surface area contributed by atoms with E-state index in [1.807, 2.05) is 0 Å². The molecule has 1 saturated heterocycles. The van der Waals surface area contributed by atoms with Gasteiger partial charge in [0.1, 0.15) is 23.3 Å². The Morgan fingerprint density at radius 1 is 1.16 bits per heavy atom. The molecule has 1 fully saturated rings. The van der Waals surface area contributed by atoms with Crippen molar-refractivity contribution < 1.29 is 23.8 Å². The SMILES string of the molecule is Cc1c(Cl)cccc1N1C(=O)C(=O)/C(=C(\O)c2ccc3c(c2)CCCO3)C1c1ccco1. The smallest absolute Gasteiger partial charge is 0.300 e. The lowest BCUT2D eigenvalue weighted by atomic mass is 9.96. The van der Waals surface area contributed by atoms with Crippen molar-refractivity contribution in [3.8, 4) is 5.75 Å². The molecule has 1 amide bonds. The van der Waals surface area contributed by atoms with Gasteiger partial charge in [-0.15, -0.1) is 0 Å². The van der Waals surface area contributed by atoms with E-state index in [0.717, 1.165) is 24.2 Å². The number of amides is 1. The van der Waals surface area contributed by atoms with Crippen LogP contribution in [-0.4, -0.2) is 23.4 Å². The van der Waals surface area contributed by atoms with Gasteiger partial charge in [0.25, 0.3) is 11.7 Å². The normalized spacial score (nSPS) is 19.7. The van der Waals surface area contributed by atoms with E-state index in [9.17, 15) is 14.7 Å². The van der Waals surface area contributed by atoms with Crippen LogP contribution >= 0.6 is 11.6 Å². The summed E-state index contributed by atoms with van der Waals surface area (Å²) >= 11 is 6.29. The quantitative estimate of drug-likeness (QED) is 0.338. The van der Waals surface area contributed by atoms with E-state index in [2.05, 4.69) is 0 Å².